The van der Waals surface area contributed by atoms with Gasteiger partial charge in [-0.1, -0.05) is 18.9 Å². The number of rotatable bonds is 3. The maximum Gasteiger partial charge on any atom is 0.228 e. The molecule has 0 radical (unpaired) electrons. The van der Waals surface area contributed by atoms with E-state index >= 15 is 0 Å². The standard InChI is InChI=1S/C19H26N2O3.ClH/c22-18(19-7-2-1-4-15(19)12-20-13-19)21-11-14-5-6-16-17(10-14)24-9-3-8-23-16;/h5-6,10,15,20H,1-4,7-9,11-13H2,(H,21,22);1H/t15-,19+;/m0./s1. The highest BCUT2D eigenvalue weighted by molar-refractivity contribution is 5.85. The number of amides is 1. The average molecular weight is 367 g/mol. The van der Waals surface area contributed by atoms with E-state index in [9.17, 15) is 4.79 Å². The minimum Gasteiger partial charge on any atom is -0.490 e. The maximum atomic E-state index is 12.9. The largest absolute Gasteiger partial charge is 0.490 e. The third-order valence-corrected chi connectivity index (χ3v) is 5.76. The molecule has 25 heavy (non-hydrogen) atoms. The summed E-state index contributed by atoms with van der Waals surface area (Å²) >= 11 is 0. The van der Waals surface area contributed by atoms with Gasteiger partial charge in [0.05, 0.1) is 18.6 Å². The molecular weight excluding hydrogens is 340 g/mol. The fourth-order valence-electron chi connectivity index (χ4n) is 4.37. The molecule has 3 aliphatic rings. The summed E-state index contributed by atoms with van der Waals surface area (Å²) in [4.78, 5) is 12.9. The molecule has 2 fully saturated rings. The second-order valence-corrected chi connectivity index (χ2v) is 7.24. The van der Waals surface area contributed by atoms with E-state index in [1.54, 1.807) is 0 Å². The van der Waals surface area contributed by atoms with Gasteiger partial charge in [0.1, 0.15) is 0 Å². The monoisotopic (exact) mass is 366 g/mol. The molecular formula is C19H27ClN2O3. The summed E-state index contributed by atoms with van der Waals surface area (Å²) in [6.45, 7) is 3.73. The molecule has 1 aromatic carbocycles. The van der Waals surface area contributed by atoms with Crippen molar-refractivity contribution in [1.29, 1.82) is 0 Å². The van der Waals surface area contributed by atoms with Crippen LogP contribution in [0.1, 0.15) is 37.7 Å². The van der Waals surface area contributed by atoms with Gasteiger partial charge in [0, 0.05) is 19.5 Å². The van der Waals surface area contributed by atoms with Gasteiger partial charge in [-0.15, -0.1) is 12.4 Å². The molecule has 1 saturated carbocycles. The predicted molar refractivity (Wildman–Crippen MR) is 98.4 cm³/mol. The van der Waals surface area contributed by atoms with Crippen LogP contribution in [0.25, 0.3) is 0 Å². The van der Waals surface area contributed by atoms with Gasteiger partial charge in [-0.25, -0.2) is 0 Å². The van der Waals surface area contributed by atoms with Gasteiger partial charge in [-0.05, 0) is 43.0 Å². The van der Waals surface area contributed by atoms with Gasteiger partial charge in [-0.3, -0.25) is 4.79 Å². The van der Waals surface area contributed by atoms with E-state index in [1.165, 1.54) is 12.8 Å². The number of hydrogen-bond donors (Lipinski definition) is 2. The highest BCUT2D eigenvalue weighted by Gasteiger charge is 2.49. The first-order valence-corrected chi connectivity index (χ1v) is 9.15. The minimum absolute atomic E-state index is 0. The zero-order valence-electron chi connectivity index (χ0n) is 14.5. The Morgan fingerprint density at radius 3 is 2.92 bits per heavy atom. The Kier molecular flexibility index (Phi) is 5.74. The topological polar surface area (TPSA) is 59.6 Å². The molecule has 0 bridgehead atoms. The van der Waals surface area contributed by atoms with Gasteiger partial charge >= 0.3 is 0 Å². The molecule has 0 spiro atoms. The molecule has 2 heterocycles. The number of halogens is 1. The Morgan fingerprint density at radius 1 is 1.20 bits per heavy atom. The number of ether oxygens (including phenoxy) is 2. The number of fused-ring (bicyclic) bond motifs is 2. The van der Waals surface area contributed by atoms with Crippen LogP contribution < -0.4 is 20.1 Å². The summed E-state index contributed by atoms with van der Waals surface area (Å²) in [6.07, 6.45) is 5.50. The van der Waals surface area contributed by atoms with Crippen molar-refractivity contribution < 1.29 is 14.3 Å². The highest BCUT2D eigenvalue weighted by atomic mass is 35.5. The van der Waals surface area contributed by atoms with Gasteiger partial charge in [-0.2, -0.15) is 0 Å². The zero-order chi connectivity index (χ0) is 16.4. The third kappa shape index (κ3) is 3.58. The first kappa shape index (κ1) is 18.3. The first-order chi connectivity index (χ1) is 11.8. The van der Waals surface area contributed by atoms with E-state index in [0.717, 1.165) is 49.4 Å². The molecule has 1 aromatic rings. The minimum atomic E-state index is -0.191. The normalized spacial score (nSPS) is 27.6. The lowest BCUT2D eigenvalue weighted by atomic mass is 9.67. The van der Waals surface area contributed by atoms with Crippen molar-refractivity contribution in [2.24, 2.45) is 11.3 Å². The zero-order valence-corrected chi connectivity index (χ0v) is 15.3. The van der Waals surface area contributed by atoms with Gasteiger partial charge in [0.2, 0.25) is 5.91 Å². The molecule has 2 N–H and O–H groups in total. The summed E-state index contributed by atoms with van der Waals surface area (Å²) in [5.41, 5.74) is 0.867. The third-order valence-electron chi connectivity index (χ3n) is 5.76. The van der Waals surface area contributed by atoms with E-state index in [0.29, 0.717) is 25.7 Å². The molecule has 5 nitrogen and oxygen atoms in total. The molecule has 6 heteroatoms. The van der Waals surface area contributed by atoms with Crippen molar-refractivity contribution in [2.45, 2.75) is 38.6 Å². The van der Waals surface area contributed by atoms with Gasteiger partial charge in [0.15, 0.2) is 11.5 Å². The van der Waals surface area contributed by atoms with E-state index in [-0.39, 0.29) is 23.7 Å². The van der Waals surface area contributed by atoms with Crippen LogP contribution in [0.2, 0.25) is 0 Å². The molecule has 138 valence electrons. The summed E-state index contributed by atoms with van der Waals surface area (Å²) in [6, 6.07) is 5.95. The molecule has 1 amide bonds. The van der Waals surface area contributed by atoms with Crippen LogP contribution in [0.15, 0.2) is 18.2 Å². The number of nitrogens with one attached hydrogen (secondary N) is 2. The lowest BCUT2D eigenvalue weighted by Crippen LogP contribution is -2.47. The Morgan fingerprint density at radius 2 is 2.04 bits per heavy atom. The maximum absolute atomic E-state index is 12.9. The van der Waals surface area contributed by atoms with Crippen LogP contribution in [0.3, 0.4) is 0 Å². The predicted octanol–water partition coefficient (Wildman–Crippen LogP) is 2.67. The number of hydrogen-bond acceptors (Lipinski definition) is 4. The number of benzene rings is 1. The van der Waals surface area contributed by atoms with Crippen LogP contribution in [-0.4, -0.2) is 32.2 Å². The molecule has 1 aliphatic carbocycles. The van der Waals surface area contributed by atoms with E-state index in [1.807, 2.05) is 18.2 Å². The second kappa shape index (κ2) is 7.83. The van der Waals surface area contributed by atoms with Crippen molar-refractivity contribution in [3.8, 4) is 11.5 Å². The molecule has 2 aliphatic heterocycles. The second-order valence-electron chi connectivity index (χ2n) is 7.24. The van der Waals surface area contributed by atoms with Crippen molar-refractivity contribution >= 4 is 18.3 Å². The lowest BCUT2D eigenvalue weighted by Gasteiger charge is -2.37. The smallest absolute Gasteiger partial charge is 0.228 e. The van der Waals surface area contributed by atoms with Crippen LogP contribution in [0, 0.1) is 11.3 Å². The molecule has 4 rings (SSSR count). The van der Waals surface area contributed by atoms with Crippen molar-refractivity contribution in [1.82, 2.24) is 10.6 Å². The summed E-state index contributed by atoms with van der Waals surface area (Å²) in [5.74, 6) is 2.29. The van der Waals surface area contributed by atoms with Crippen molar-refractivity contribution in [3.63, 3.8) is 0 Å². The number of carbonyl (C=O) groups excluding carboxylic acids is 1. The van der Waals surface area contributed by atoms with E-state index in [2.05, 4.69) is 10.6 Å². The Hall–Kier alpha value is -1.46. The van der Waals surface area contributed by atoms with E-state index < -0.39 is 0 Å². The Labute approximate surface area is 155 Å². The quantitative estimate of drug-likeness (QED) is 0.863. The molecule has 0 aromatic heterocycles. The fourth-order valence-corrected chi connectivity index (χ4v) is 4.37. The Balaban J connectivity index is 0.00000182. The Bertz CT molecular complexity index is 625. The SMILES string of the molecule is Cl.O=C(NCc1ccc2c(c1)OCCCO2)[C@@]12CCCC[C@H]1CNC2. The first-order valence-electron chi connectivity index (χ1n) is 9.15. The van der Waals surface area contributed by atoms with Gasteiger partial charge in [0.25, 0.3) is 0 Å². The highest BCUT2D eigenvalue weighted by Crippen LogP contribution is 2.44. The fraction of sp³-hybridized carbons (Fsp3) is 0.632. The number of carbonyl (C=O) groups is 1. The van der Waals surface area contributed by atoms with Crippen LogP contribution >= 0.6 is 12.4 Å². The van der Waals surface area contributed by atoms with Crippen LogP contribution in [0.4, 0.5) is 0 Å². The molecule has 0 unspecified atom stereocenters. The summed E-state index contributed by atoms with van der Waals surface area (Å²) in [5, 5.41) is 6.61. The average Bonchev–Trinajstić information content (AvgIpc) is 2.92. The van der Waals surface area contributed by atoms with Crippen LogP contribution in [0.5, 0.6) is 11.5 Å². The van der Waals surface area contributed by atoms with E-state index in [4.69, 9.17) is 9.47 Å². The van der Waals surface area contributed by atoms with Crippen molar-refractivity contribution in [2.75, 3.05) is 26.3 Å². The lowest BCUT2D eigenvalue weighted by molar-refractivity contribution is -0.134. The molecule has 1 saturated heterocycles. The summed E-state index contributed by atoms with van der Waals surface area (Å²) in [7, 11) is 0. The van der Waals surface area contributed by atoms with Crippen molar-refractivity contribution in [3.05, 3.63) is 23.8 Å². The summed E-state index contributed by atoms with van der Waals surface area (Å²) < 4.78 is 11.4. The van der Waals surface area contributed by atoms with Crippen LogP contribution in [-0.2, 0) is 11.3 Å². The van der Waals surface area contributed by atoms with Gasteiger partial charge < -0.3 is 20.1 Å². The molecule has 2 atom stereocenters.